The number of pyridine rings is 9. The molecule has 10 N–H and O–H groups in total. The van der Waals surface area contributed by atoms with Gasteiger partial charge < -0.3 is 43.2 Å². The van der Waals surface area contributed by atoms with Gasteiger partial charge in [0.1, 0.15) is 10.8 Å². The molecular formula is C63H63ClF2N16O3. The van der Waals surface area contributed by atoms with E-state index in [2.05, 4.69) is 44.9 Å². The number of anilines is 5. The third-order valence-corrected chi connectivity index (χ3v) is 12.9. The van der Waals surface area contributed by atoms with Gasteiger partial charge >= 0.3 is 6.09 Å². The largest absolute Gasteiger partial charge is 0.444 e. The Bertz CT molecular complexity index is 3530. The standard InChI is InChI=1S/C21H26N4O3.C11H10FN3.C11H11N3.C10H8ClN3.C10H8FN3/c1-21(2,3)28-20(27)25-12-10-24(11-13-25)19(26)16-6-4-15(5-7-16)17-8-9-23-14-18(17)22;1-7-8(2-3-11(12)15-7)9-4-5-14-6-10(9)13;1-8-3-2-5-14-11(8)9-4-6-13-7-10(9)12;2*11-10-8(2-1-4-14-10)7-3-5-13-6-9(7)12/h4-9,14H,10-13,22H2,1-3H3;2-6H,13H2,1H3;2-7H,12H2,1H3;2*1-6H,12H2. The van der Waals surface area contributed by atoms with Crippen molar-refractivity contribution in [1.29, 1.82) is 0 Å². The minimum Gasteiger partial charge on any atom is -0.444 e. The minimum atomic E-state index is -0.524. The van der Waals surface area contributed by atoms with Crippen LogP contribution in [0.3, 0.4) is 0 Å². The third-order valence-electron chi connectivity index (χ3n) is 12.6. The first-order chi connectivity index (χ1) is 40.8. The predicted octanol–water partition coefficient (Wildman–Crippen LogP) is 11.5. The molecular weight excluding hydrogens is 1100 g/mol. The molecule has 1 aromatic carbocycles. The number of carbonyl (C=O) groups excluding carboxylic acids is 2. The number of hydrogen-bond acceptors (Lipinski definition) is 17. The van der Waals surface area contributed by atoms with Gasteiger partial charge in [-0.15, -0.1) is 0 Å². The van der Waals surface area contributed by atoms with Crippen molar-refractivity contribution in [1.82, 2.24) is 54.7 Å². The predicted molar refractivity (Wildman–Crippen MR) is 330 cm³/mol. The van der Waals surface area contributed by atoms with Crippen LogP contribution in [0.4, 0.5) is 42.0 Å². The highest BCUT2D eigenvalue weighted by Gasteiger charge is 2.28. The minimum absolute atomic E-state index is 0.0434. The number of aromatic nitrogens is 9. The van der Waals surface area contributed by atoms with E-state index in [1.165, 1.54) is 18.5 Å². The average molecular weight is 1170 g/mol. The molecule has 9 aromatic heterocycles. The fourth-order valence-electron chi connectivity index (χ4n) is 8.40. The van der Waals surface area contributed by atoms with Crippen LogP contribution in [0, 0.1) is 25.7 Å². The normalized spacial score (nSPS) is 11.6. The van der Waals surface area contributed by atoms with Crippen molar-refractivity contribution >= 4 is 52.0 Å². The molecule has 0 spiro atoms. The van der Waals surface area contributed by atoms with Crippen molar-refractivity contribution in [2.24, 2.45) is 0 Å². The van der Waals surface area contributed by atoms with Crippen LogP contribution in [0.2, 0.25) is 5.15 Å². The van der Waals surface area contributed by atoms with E-state index in [0.717, 1.165) is 50.2 Å². The summed E-state index contributed by atoms with van der Waals surface area (Å²) in [6.07, 6.45) is 20.7. The summed E-state index contributed by atoms with van der Waals surface area (Å²) < 4.78 is 31.5. The lowest BCUT2D eigenvalue weighted by atomic mass is 10.0. The number of rotatable bonds is 6. The second kappa shape index (κ2) is 29.4. The van der Waals surface area contributed by atoms with Crippen molar-refractivity contribution in [3.05, 3.63) is 218 Å². The van der Waals surface area contributed by atoms with E-state index in [4.69, 9.17) is 45.0 Å². The molecule has 1 fully saturated rings. The highest BCUT2D eigenvalue weighted by Crippen LogP contribution is 2.31. The van der Waals surface area contributed by atoms with Crippen LogP contribution in [0.25, 0.3) is 55.8 Å². The number of benzene rings is 1. The van der Waals surface area contributed by atoms with Gasteiger partial charge in [0, 0.05) is 132 Å². The maximum absolute atomic E-state index is 13.3. The molecule has 0 saturated carbocycles. The first-order valence-electron chi connectivity index (χ1n) is 26.4. The Balaban J connectivity index is 0.000000158. The molecule has 22 heteroatoms. The highest BCUT2D eigenvalue weighted by molar-refractivity contribution is 6.32. The zero-order chi connectivity index (χ0) is 61.0. The lowest BCUT2D eigenvalue weighted by molar-refractivity contribution is 0.0141. The summed E-state index contributed by atoms with van der Waals surface area (Å²) in [5.74, 6) is -1.05. The van der Waals surface area contributed by atoms with Crippen molar-refractivity contribution in [2.45, 2.75) is 40.2 Å². The molecule has 434 valence electrons. The number of nitrogens with zero attached hydrogens (tertiary/aromatic N) is 11. The molecule has 0 atom stereocenters. The molecule has 1 aliphatic heterocycles. The summed E-state index contributed by atoms with van der Waals surface area (Å²) in [4.78, 5) is 63.5. The van der Waals surface area contributed by atoms with Gasteiger partial charge in [0.15, 0.2) is 0 Å². The fourth-order valence-corrected chi connectivity index (χ4v) is 8.62. The Morgan fingerprint density at radius 1 is 0.494 bits per heavy atom. The molecule has 11 rings (SSSR count). The van der Waals surface area contributed by atoms with E-state index in [1.54, 1.807) is 127 Å². The summed E-state index contributed by atoms with van der Waals surface area (Å²) in [6.45, 7) is 11.2. The maximum Gasteiger partial charge on any atom is 0.410 e. The average Bonchev–Trinajstić information content (AvgIpc) is 3.51. The highest BCUT2D eigenvalue weighted by atomic mass is 35.5. The molecule has 0 aliphatic carbocycles. The lowest BCUT2D eigenvalue weighted by Crippen LogP contribution is -2.51. The van der Waals surface area contributed by atoms with Gasteiger partial charge in [0.25, 0.3) is 5.91 Å². The Morgan fingerprint density at radius 2 is 0.941 bits per heavy atom. The number of hydrogen-bond donors (Lipinski definition) is 5. The van der Waals surface area contributed by atoms with Gasteiger partial charge in [-0.2, -0.15) is 8.78 Å². The molecule has 85 heavy (non-hydrogen) atoms. The summed E-state index contributed by atoms with van der Waals surface area (Å²) >= 11 is 5.94. The quantitative estimate of drug-likeness (QED) is 0.0967. The molecule has 1 aliphatic rings. The number of ether oxygens (including phenoxy) is 1. The van der Waals surface area contributed by atoms with Crippen LogP contribution in [-0.4, -0.2) is 98.4 Å². The number of nitrogen functional groups attached to an aromatic ring is 5. The van der Waals surface area contributed by atoms with Crippen molar-refractivity contribution in [2.75, 3.05) is 54.8 Å². The zero-order valence-electron chi connectivity index (χ0n) is 47.3. The van der Waals surface area contributed by atoms with Crippen LogP contribution in [0.1, 0.15) is 42.4 Å². The van der Waals surface area contributed by atoms with E-state index in [1.807, 2.05) is 82.3 Å². The van der Waals surface area contributed by atoms with Crippen molar-refractivity contribution < 1.29 is 23.1 Å². The van der Waals surface area contributed by atoms with E-state index in [0.29, 0.717) is 82.2 Å². The maximum atomic E-state index is 13.3. The van der Waals surface area contributed by atoms with E-state index < -0.39 is 17.5 Å². The first-order valence-corrected chi connectivity index (χ1v) is 26.8. The van der Waals surface area contributed by atoms with E-state index in [-0.39, 0.29) is 12.0 Å². The monoisotopic (exact) mass is 1160 g/mol. The van der Waals surface area contributed by atoms with Crippen LogP contribution in [-0.2, 0) is 4.74 Å². The van der Waals surface area contributed by atoms with E-state index in [9.17, 15) is 18.4 Å². The molecule has 10 aromatic rings. The molecule has 0 bridgehead atoms. The molecule has 0 radical (unpaired) electrons. The molecule has 2 amide bonds. The Kier molecular flexibility index (Phi) is 21.5. The van der Waals surface area contributed by atoms with Gasteiger partial charge in [-0.25, -0.2) is 19.7 Å². The van der Waals surface area contributed by atoms with Gasteiger partial charge in [-0.05, 0) is 131 Å². The van der Waals surface area contributed by atoms with Gasteiger partial charge in [-0.3, -0.25) is 34.7 Å². The number of carbonyl (C=O) groups is 2. The summed E-state index contributed by atoms with van der Waals surface area (Å²) in [5, 5.41) is 0.449. The molecule has 1 saturated heterocycles. The number of aryl methyl sites for hydroxylation is 2. The number of amides is 2. The van der Waals surface area contributed by atoms with Crippen LogP contribution in [0.15, 0.2) is 184 Å². The SMILES string of the molecule is CC(C)(C)OC(=O)N1CCN(C(=O)c2ccc(-c3ccncc3N)cc2)CC1.Cc1cccnc1-c1ccncc1N.Cc1nc(F)ccc1-c1ccncc1N.Nc1cnccc1-c1cccnc1Cl.Nc1cnccc1-c1cccnc1F. The number of piperazine rings is 1. The third kappa shape index (κ3) is 17.3. The lowest BCUT2D eigenvalue weighted by Gasteiger charge is -2.35. The topological polar surface area (TPSA) is 296 Å². The number of nitrogens with two attached hydrogens (primary N) is 5. The first kappa shape index (κ1) is 62.1. The molecule has 19 nitrogen and oxygen atoms in total. The van der Waals surface area contributed by atoms with Gasteiger partial charge in [-0.1, -0.05) is 29.8 Å². The van der Waals surface area contributed by atoms with Gasteiger partial charge in [0.2, 0.25) is 11.9 Å². The summed E-state index contributed by atoms with van der Waals surface area (Å²) in [5.41, 5.74) is 41.7. The second-order valence-electron chi connectivity index (χ2n) is 19.8. The van der Waals surface area contributed by atoms with E-state index >= 15 is 0 Å². The molecule has 10 heterocycles. The molecule has 0 unspecified atom stereocenters. The van der Waals surface area contributed by atoms with Crippen LogP contribution < -0.4 is 28.7 Å². The second-order valence-corrected chi connectivity index (χ2v) is 20.1. The Hall–Kier alpha value is -10.5. The zero-order valence-corrected chi connectivity index (χ0v) is 48.1. The Labute approximate surface area is 496 Å². The Morgan fingerprint density at radius 3 is 1.42 bits per heavy atom. The van der Waals surface area contributed by atoms with Gasteiger partial charge in [0.05, 0.1) is 65.1 Å². The summed E-state index contributed by atoms with van der Waals surface area (Å²) in [7, 11) is 0. The smallest absolute Gasteiger partial charge is 0.410 e. The number of halogens is 3. The fraction of sp³-hybridized carbons (Fsp3) is 0.159. The summed E-state index contributed by atoms with van der Waals surface area (Å²) in [6, 6.07) is 30.3. The van der Waals surface area contributed by atoms with Crippen LogP contribution in [0.5, 0.6) is 0 Å². The van der Waals surface area contributed by atoms with Crippen molar-refractivity contribution in [3.8, 4) is 55.8 Å². The van der Waals surface area contributed by atoms with Crippen molar-refractivity contribution in [3.63, 3.8) is 0 Å². The van der Waals surface area contributed by atoms with Crippen LogP contribution >= 0.6 is 11.6 Å².